The Balaban J connectivity index is 1.88. The maximum atomic E-state index is 12.9. The maximum Gasteiger partial charge on any atom is 0.416 e. The van der Waals surface area contributed by atoms with Gasteiger partial charge in [0, 0.05) is 0 Å². The number of aryl methyl sites for hydroxylation is 2. The summed E-state index contributed by atoms with van der Waals surface area (Å²) in [5.41, 5.74) is 0.798. The predicted molar refractivity (Wildman–Crippen MR) is 86.7 cm³/mol. The summed E-state index contributed by atoms with van der Waals surface area (Å²) < 4.78 is 40.3. The average Bonchev–Trinajstić information content (AvgIpc) is 3.14. The van der Waals surface area contributed by atoms with Crippen LogP contribution in [0.1, 0.15) is 40.7 Å². The lowest BCUT2D eigenvalue weighted by Gasteiger charge is -2.14. The highest BCUT2D eigenvalue weighted by atomic mass is 19.4. The standard InChI is InChI=1S/C17H15F3N4O2/c1-8-21-15-14(16(26)22-8)12(7-25)23-24(15)13-5-2-9-6-10(17(18,19)20)3-4-11(9)13/h3-4,6,13,25H,2,5,7H2,1H3,(H,21,22,26). The number of aliphatic hydroxyl groups is 1. The minimum Gasteiger partial charge on any atom is -0.390 e. The molecule has 1 aliphatic carbocycles. The molecule has 0 amide bonds. The fourth-order valence-corrected chi connectivity index (χ4v) is 3.58. The lowest BCUT2D eigenvalue weighted by Crippen LogP contribution is -2.14. The monoisotopic (exact) mass is 364 g/mol. The van der Waals surface area contributed by atoms with Crippen LogP contribution in [-0.2, 0) is 19.2 Å². The number of H-pyrrole nitrogens is 1. The number of alkyl halides is 3. The molecule has 2 heterocycles. The van der Waals surface area contributed by atoms with Crippen molar-refractivity contribution in [3.63, 3.8) is 0 Å². The van der Waals surface area contributed by atoms with Gasteiger partial charge in [-0.2, -0.15) is 18.3 Å². The summed E-state index contributed by atoms with van der Waals surface area (Å²) in [6, 6.07) is 3.35. The minimum atomic E-state index is -4.39. The smallest absolute Gasteiger partial charge is 0.390 e. The number of hydrogen-bond acceptors (Lipinski definition) is 4. The molecule has 136 valence electrons. The molecule has 1 aromatic carbocycles. The summed E-state index contributed by atoms with van der Waals surface area (Å²) in [6.45, 7) is 1.21. The van der Waals surface area contributed by atoms with E-state index in [9.17, 15) is 23.1 Å². The number of fused-ring (bicyclic) bond motifs is 2. The quantitative estimate of drug-likeness (QED) is 0.732. The Morgan fingerprint density at radius 3 is 2.85 bits per heavy atom. The molecule has 1 unspecified atom stereocenters. The van der Waals surface area contributed by atoms with Crippen molar-refractivity contribution in [3.05, 3.63) is 56.8 Å². The van der Waals surface area contributed by atoms with Crippen LogP contribution in [0, 0.1) is 6.92 Å². The molecule has 3 aromatic rings. The molecule has 0 bridgehead atoms. The third-order valence-corrected chi connectivity index (χ3v) is 4.71. The average molecular weight is 364 g/mol. The first-order valence-electron chi connectivity index (χ1n) is 8.08. The highest BCUT2D eigenvalue weighted by Crippen LogP contribution is 2.39. The molecule has 0 aliphatic heterocycles. The van der Waals surface area contributed by atoms with Gasteiger partial charge < -0.3 is 10.1 Å². The largest absolute Gasteiger partial charge is 0.416 e. The van der Waals surface area contributed by atoms with Crippen LogP contribution in [0.5, 0.6) is 0 Å². The molecule has 2 N–H and O–H groups in total. The molecule has 6 nitrogen and oxygen atoms in total. The van der Waals surface area contributed by atoms with Crippen molar-refractivity contribution >= 4 is 11.0 Å². The third-order valence-electron chi connectivity index (χ3n) is 4.71. The first-order chi connectivity index (χ1) is 12.3. The van der Waals surface area contributed by atoms with Crippen molar-refractivity contribution in [3.8, 4) is 0 Å². The second kappa shape index (κ2) is 5.66. The zero-order valence-corrected chi connectivity index (χ0v) is 13.8. The van der Waals surface area contributed by atoms with E-state index < -0.39 is 23.9 Å². The van der Waals surface area contributed by atoms with Crippen LogP contribution in [0.4, 0.5) is 13.2 Å². The van der Waals surface area contributed by atoms with Crippen LogP contribution in [0.2, 0.25) is 0 Å². The molecular weight excluding hydrogens is 349 g/mol. The fraction of sp³-hybridized carbons (Fsp3) is 0.353. The van der Waals surface area contributed by atoms with E-state index in [0.717, 1.165) is 11.6 Å². The number of nitrogens with zero attached hydrogens (tertiary/aromatic N) is 3. The molecule has 4 rings (SSSR count). The van der Waals surface area contributed by atoms with E-state index in [0.29, 0.717) is 29.9 Å². The Hall–Kier alpha value is -2.68. The van der Waals surface area contributed by atoms with Crippen molar-refractivity contribution in [2.24, 2.45) is 0 Å². The van der Waals surface area contributed by atoms with E-state index in [1.54, 1.807) is 11.6 Å². The van der Waals surface area contributed by atoms with Crippen molar-refractivity contribution < 1.29 is 18.3 Å². The lowest BCUT2D eigenvalue weighted by molar-refractivity contribution is -0.137. The van der Waals surface area contributed by atoms with Gasteiger partial charge in [0.25, 0.3) is 5.56 Å². The molecule has 1 atom stereocenters. The topological polar surface area (TPSA) is 83.8 Å². The number of nitrogens with one attached hydrogen (secondary N) is 1. The number of hydrogen-bond donors (Lipinski definition) is 2. The summed E-state index contributed by atoms with van der Waals surface area (Å²) in [5.74, 6) is 0.402. The van der Waals surface area contributed by atoms with Gasteiger partial charge in [-0.3, -0.25) is 4.79 Å². The highest BCUT2D eigenvalue weighted by molar-refractivity contribution is 5.77. The number of aromatic nitrogens is 4. The molecule has 0 radical (unpaired) electrons. The molecule has 26 heavy (non-hydrogen) atoms. The van der Waals surface area contributed by atoms with Crippen molar-refractivity contribution in [1.82, 2.24) is 19.7 Å². The second-order valence-corrected chi connectivity index (χ2v) is 6.37. The van der Waals surface area contributed by atoms with E-state index in [4.69, 9.17) is 0 Å². The SMILES string of the molecule is Cc1nc2c(c(CO)nn2C2CCc3cc(C(F)(F)F)ccc32)c(=O)[nH]1. The normalized spacial score (nSPS) is 17.0. The van der Waals surface area contributed by atoms with Gasteiger partial charge in [0.1, 0.15) is 16.9 Å². The van der Waals surface area contributed by atoms with E-state index in [1.165, 1.54) is 12.1 Å². The van der Waals surface area contributed by atoms with Gasteiger partial charge in [0.15, 0.2) is 5.65 Å². The van der Waals surface area contributed by atoms with Crippen LogP contribution >= 0.6 is 0 Å². The number of halogens is 3. The van der Waals surface area contributed by atoms with Gasteiger partial charge in [0.2, 0.25) is 0 Å². The van der Waals surface area contributed by atoms with E-state index in [1.807, 2.05) is 0 Å². The Labute approximate surface area is 145 Å². The van der Waals surface area contributed by atoms with Crippen LogP contribution in [0.3, 0.4) is 0 Å². The van der Waals surface area contributed by atoms with E-state index in [-0.39, 0.29) is 17.1 Å². The van der Waals surface area contributed by atoms with Gasteiger partial charge >= 0.3 is 6.18 Å². The first kappa shape index (κ1) is 16.8. The second-order valence-electron chi connectivity index (χ2n) is 6.37. The summed E-state index contributed by atoms with van der Waals surface area (Å²) in [5, 5.41) is 14.1. The molecule has 0 fully saturated rings. The molecule has 9 heteroatoms. The molecule has 0 spiro atoms. The highest BCUT2D eigenvalue weighted by Gasteiger charge is 2.34. The van der Waals surface area contributed by atoms with Crippen LogP contribution in [0.15, 0.2) is 23.0 Å². The van der Waals surface area contributed by atoms with Crippen molar-refractivity contribution in [1.29, 1.82) is 0 Å². The lowest BCUT2D eigenvalue weighted by atomic mass is 10.0. The maximum absolute atomic E-state index is 12.9. The van der Waals surface area contributed by atoms with E-state index in [2.05, 4.69) is 15.1 Å². The molecule has 2 aromatic heterocycles. The molecule has 1 aliphatic rings. The van der Waals surface area contributed by atoms with Gasteiger partial charge in [-0.05, 0) is 43.0 Å². The fourth-order valence-electron chi connectivity index (χ4n) is 3.58. The number of rotatable bonds is 2. The predicted octanol–water partition coefficient (Wildman–Crippen LogP) is 2.47. The van der Waals surface area contributed by atoms with Crippen molar-refractivity contribution in [2.75, 3.05) is 0 Å². The minimum absolute atomic E-state index is 0.203. The van der Waals surface area contributed by atoms with Crippen LogP contribution in [0.25, 0.3) is 11.0 Å². The summed E-state index contributed by atoms with van der Waals surface area (Å²) in [4.78, 5) is 19.1. The zero-order chi connectivity index (χ0) is 18.6. The summed E-state index contributed by atoms with van der Waals surface area (Å²) >= 11 is 0. The Morgan fingerprint density at radius 2 is 2.15 bits per heavy atom. The number of aromatic amines is 1. The van der Waals surface area contributed by atoms with Gasteiger partial charge in [0.05, 0.1) is 18.2 Å². The zero-order valence-electron chi connectivity index (χ0n) is 13.8. The van der Waals surface area contributed by atoms with Crippen LogP contribution < -0.4 is 5.56 Å². The molecule has 0 saturated heterocycles. The van der Waals surface area contributed by atoms with Crippen LogP contribution in [-0.4, -0.2) is 24.9 Å². The number of aliphatic hydroxyl groups excluding tert-OH is 1. The van der Waals surface area contributed by atoms with Crippen molar-refractivity contribution in [2.45, 2.75) is 38.6 Å². The first-order valence-corrected chi connectivity index (χ1v) is 8.08. The van der Waals surface area contributed by atoms with E-state index >= 15 is 0 Å². The van der Waals surface area contributed by atoms with Gasteiger partial charge in [-0.15, -0.1) is 0 Å². The third kappa shape index (κ3) is 2.50. The Morgan fingerprint density at radius 1 is 1.38 bits per heavy atom. The number of benzene rings is 1. The summed E-state index contributed by atoms with van der Waals surface area (Å²) in [7, 11) is 0. The Bertz CT molecular complexity index is 1070. The summed E-state index contributed by atoms with van der Waals surface area (Å²) in [6.07, 6.45) is -3.37. The molecule has 0 saturated carbocycles. The van der Waals surface area contributed by atoms with Gasteiger partial charge in [-0.25, -0.2) is 9.67 Å². The Kier molecular flexibility index (Phi) is 3.65. The molecular formula is C17H15F3N4O2. The van der Waals surface area contributed by atoms with Gasteiger partial charge in [-0.1, -0.05) is 6.07 Å².